The Balaban J connectivity index is 1.86. The van der Waals surface area contributed by atoms with Crippen molar-refractivity contribution < 1.29 is 23.7 Å². The average molecular weight is 442 g/mol. The van der Waals surface area contributed by atoms with Crippen molar-refractivity contribution in [3.05, 3.63) is 47.0 Å². The van der Waals surface area contributed by atoms with Crippen LogP contribution in [0.25, 0.3) is 0 Å². The Morgan fingerprint density at radius 2 is 1.69 bits per heavy atom. The summed E-state index contributed by atoms with van der Waals surface area (Å²) in [4.78, 5) is 17.7. The number of methoxy groups -OCH3 is 3. The van der Waals surface area contributed by atoms with Crippen LogP contribution < -0.4 is 24.8 Å². The van der Waals surface area contributed by atoms with Gasteiger partial charge in [0.15, 0.2) is 11.5 Å². The first-order valence-electron chi connectivity index (χ1n) is 10.6. The van der Waals surface area contributed by atoms with E-state index in [0.717, 1.165) is 36.3 Å². The predicted molar refractivity (Wildman–Crippen MR) is 124 cm³/mol. The van der Waals surface area contributed by atoms with Gasteiger partial charge in [-0.2, -0.15) is 0 Å². The Morgan fingerprint density at radius 1 is 1.03 bits per heavy atom. The molecule has 1 fully saturated rings. The number of guanidine groups is 1. The molecule has 3 rings (SSSR count). The van der Waals surface area contributed by atoms with E-state index in [1.54, 1.807) is 12.1 Å². The Hall–Kier alpha value is -3.26. The first kappa shape index (κ1) is 23.4. The second-order valence-corrected chi connectivity index (χ2v) is 7.69. The van der Waals surface area contributed by atoms with Crippen LogP contribution in [0, 0.1) is 13.8 Å². The van der Waals surface area contributed by atoms with Crippen LogP contribution >= 0.6 is 0 Å². The summed E-state index contributed by atoms with van der Waals surface area (Å²) in [6.07, 6.45) is 2.04. The van der Waals surface area contributed by atoms with Crippen LogP contribution in [0.15, 0.2) is 35.3 Å². The molecule has 8 nitrogen and oxygen atoms in total. The highest BCUT2D eigenvalue weighted by atomic mass is 16.5. The highest BCUT2D eigenvalue weighted by Gasteiger charge is 2.19. The lowest BCUT2D eigenvalue weighted by Crippen LogP contribution is -2.36. The van der Waals surface area contributed by atoms with Gasteiger partial charge in [-0.15, -0.1) is 0 Å². The predicted octanol–water partition coefficient (Wildman–Crippen LogP) is 3.71. The summed E-state index contributed by atoms with van der Waals surface area (Å²) in [7, 11) is 4.54. The van der Waals surface area contributed by atoms with Crippen molar-refractivity contribution in [1.82, 2.24) is 5.32 Å². The van der Waals surface area contributed by atoms with Gasteiger partial charge in [-0.3, -0.25) is 10.1 Å². The van der Waals surface area contributed by atoms with Crippen molar-refractivity contribution in [1.29, 1.82) is 0 Å². The maximum Gasteiger partial charge on any atom is 0.258 e. The molecule has 1 amide bonds. The maximum atomic E-state index is 13.1. The molecule has 8 heteroatoms. The molecule has 1 atom stereocenters. The SMILES string of the molecule is COc1cc(C(=O)NC(=NC[C@H]2CCCO2)Nc2cc(C)cc(C)c2)cc(OC)c1OC. The van der Waals surface area contributed by atoms with E-state index in [2.05, 4.69) is 21.7 Å². The molecule has 0 aromatic heterocycles. The molecule has 0 spiro atoms. The molecule has 1 saturated heterocycles. The fraction of sp³-hybridized carbons (Fsp3) is 0.417. The smallest absolute Gasteiger partial charge is 0.258 e. The lowest BCUT2D eigenvalue weighted by molar-refractivity contribution is 0.0974. The number of ether oxygens (including phenoxy) is 4. The molecule has 0 aliphatic carbocycles. The molecule has 32 heavy (non-hydrogen) atoms. The Morgan fingerprint density at radius 3 is 2.22 bits per heavy atom. The normalized spacial score (nSPS) is 15.9. The Labute approximate surface area is 188 Å². The van der Waals surface area contributed by atoms with E-state index >= 15 is 0 Å². The number of carbonyl (C=O) groups is 1. The van der Waals surface area contributed by atoms with Crippen molar-refractivity contribution in [2.45, 2.75) is 32.8 Å². The summed E-state index contributed by atoms with van der Waals surface area (Å²) >= 11 is 0. The molecule has 1 aliphatic rings. The largest absolute Gasteiger partial charge is 0.493 e. The molecule has 172 valence electrons. The van der Waals surface area contributed by atoms with Crippen molar-refractivity contribution in [3.8, 4) is 17.2 Å². The van der Waals surface area contributed by atoms with Gasteiger partial charge in [-0.25, -0.2) is 4.99 Å². The molecule has 2 aromatic carbocycles. The topological polar surface area (TPSA) is 90.4 Å². The van der Waals surface area contributed by atoms with Crippen LogP contribution in [0.3, 0.4) is 0 Å². The van der Waals surface area contributed by atoms with Gasteiger partial charge in [0.05, 0.1) is 34.0 Å². The number of aryl methyl sites for hydroxylation is 2. The molecular weight excluding hydrogens is 410 g/mol. The zero-order chi connectivity index (χ0) is 23.1. The van der Waals surface area contributed by atoms with Crippen LogP contribution in [-0.4, -0.2) is 52.5 Å². The van der Waals surface area contributed by atoms with Gasteiger partial charge in [0.25, 0.3) is 5.91 Å². The van der Waals surface area contributed by atoms with Gasteiger partial charge in [0.2, 0.25) is 11.7 Å². The van der Waals surface area contributed by atoms with Crippen molar-refractivity contribution >= 4 is 17.6 Å². The minimum absolute atomic E-state index is 0.0594. The van der Waals surface area contributed by atoms with Crippen LogP contribution in [0.1, 0.15) is 34.3 Å². The van der Waals surface area contributed by atoms with Gasteiger partial charge < -0.3 is 24.3 Å². The number of aliphatic imine (C=N–C) groups is 1. The third-order valence-corrected chi connectivity index (χ3v) is 5.12. The van der Waals surface area contributed by atoms with E-state index in [9.17, 15) is 4.79 Å². The molecule has 2 N–H and O–H groups in total. The summed E-state index contributed by atoms with van der Waals surface area (Å²) in [5.41, 5.74) is 3.43. The van der Waals surface area contributed by atoms with Crippen LogP contribution in [0.5, 0.6) is 17.2 Å². The van der Waals surface area contributed by atoms with Crippen molar-refractivity contribution in [3.63, 3.8) is 0 Å². The summed E-state index contributed by atoms with van der Waals surface area (Å²) in [6.45, 7) is 5.26. The number of hydrogen-bond acceptors (Lipinski definition) is 6. The number of nitrogens with zero attached hydrogens (tertiary/aromatic N) is 1. The lowest BCUT2D eigenvalue weighted by atomic mass is 10.1. The quantitative estimate of drug-likeness (QED) is 0.503. The molecule has 0 radical (unpaired) electrons. The van der Waals surface area contributed by atoms with Crippen LogP contribution in [0.4, 0.5) is 5.69 Å². The summed E-state index contributed by atoms with van der Waals surface area (Å²) in [5, 5.41) is 6.12. The number of carbonyl (C=O) groups excluding carboxylic acids is 1. The van der Waals surface area contributed by atoms with Crippen LogP contribution in [-0.2, 0) is 4.74 Å². The summed E-state index contributed by atoms with van der Waals surface area (Å²) in [5.74, 6) is 1.22. The average Bonchev–Trinajstić information content (AvgIpc) is 3.29. The molecule has 0 unspecified atom stereocenters. The second kappa shape index (κ2) is 10.9. The van der Waals surface area contributed by atoms with Gasteiger partial charge >= 0.3 is 0 Å². The fourth-order valence-corrected chi connectivity index (χ4v) is 3.67. The van der Waals surface area contributed by atoms with E-state index in [1.807, 2.05) is 26.0 Å². The third-order valence-electron chi connectivity index (χ3n) is 5.12. The highest BCUT2D eigenvalue weighted by Crippen LogP contribution is 2.38. The first-order chi connectivity index (χ1) is 15.4. The monoisotopic (exact) mass is 441 g/mol. The molecular formula is C24H31N3O5. The van der Waals surface area contributed by atoms with E-state index in [0.29, 0.717) is 35.3 Å². The van der Waals surface area contributed by atoms with Gasteiger partial charge in [0, 0.05) is 17.9 Å². The fourth-order valence-electron chi connectivity index (χ4n) is 3.67. The first-order valence-corrected chi connectivity index (χ1v) is 10.6. The van der Waals surface area contributed by atoms with E-state index in [1.165, 1.54) is 21.3 Å². The number of hydrogen-bond donors (Lipinski definition) is 2. The number of benzene rings is 2. The summed E-state index contributed by atoms with van der Waals surface area (Å²) in [6, 6.07) is 9.29. The zero-order valence-electron chi connectivity index (χ0n) is 19.3. The van der Waals surface area contributed by atoms with E-state index < -0.39 is 0 Å². The standard InChI is InChI=1S/C24H31N3O5/c1-15-9-16(2)11-18(10-15)26-24(25-14-19-7-6-8-32-19)27-23(28)17-12-20(29-3)22(31-5)21(13-17)30-4/h9-13,19H,6-8,14H2,1-5H3,(H2,25,26,27,28)/t19-/m1/s1. The molecule has 0 bridgehead atoms. The molecule has 0 saturated carbocycles. The number of anilines is 1. The molecule has 1 heterocycles. The van der Waals surface area contributed by atoms with Gasteiger partial charge in [0.1, 0.15) is 0 Å². The maximum absolute atomic E-state index is 13.1. The van der Waals surface area contributed by atoms with Gasteiger partial charge in [-0.05, 0) is 62.1 Å². The van der Waals surface area contributed by atoms with Gasteiger partial charge in [-0.1, -0.05) is 6.07 Å². The number of rotatable bonds is 7. The van der Waals surface area contributed by atoms with Crippen LogP contribution in [0.2, 0.25) is 0 Å². The van der Waals surface area contributed by atoms with Crippen molar-refractivity contribution in [2.24, 2.45) is 4.99 Å². The number of amides is 1. The zero-order valence-corrected chi connectivity index (χ0v) is 19.3. The minimum Gasteiger partial charge on any atom is -0.493 e. The third kappa shape index (κ3) is 5.91. The summed E-state index contributed by atoms with van der Waals surface area (Å²) < 4.78 is 21.7. The Kier molecular flexibility index (Phi) is 7.94. The molecule has 1 aliphatic heterocycles. The second-order valence-electron chi connectivity index (χ2n) is 7.69. The van der Waals surface area contributed by atoms with E-state index in [4.69, 9.17) is 18.9 Å². The molecule has 2 aromatic rings. The van der Waals surface area contributed by atoms with Crippen molar-refractivity contribution in [2.75, 3.05) is 39.8 Å². The highest BCUT2D eigenvalue weighted by molar-refractivity contribution is 6.10. The minimum atomic E-state index is -0.354. The lowest BCUT2D eigenvalue weighted by Gasteiger charge is -2.16. The van der Waals surface area contributed by atoms with E-state index in [-0.39, 0.29) is 12.0 Å². The Bertz CT molecular complexity index is 938. The number of nitrogens with one attached hydrogen (secondary N) is 2.